The van der Waals surface area contributed by atoms with Crippen molar-refractivity contribution in [2.75, 3.05) is 32.8 Å². The lowest BCUT2D eigenvalue weighted by Gasteiger charge is -2.30. The van der Waals surface area contributed by atoms with Gasteiger partial charge >= 0.3 is 11.9 Å². The first kappa shape index (κ1) is 32.3. The number of fused-ring (bicyclic) bond motifs is 1. The number of carbonyl (C=O) groups excluding carboxylic acids is 1. The third-order valence-corrected chi connectivity index (χ3v) is 9.08. The number of aromatic nitrogens is 1. The van der Waals surface area contributed by atoms with E-state index in [1.807, 2.05) is 0 Å². The van der Waals surface area contributed by atoms with Gasteiger partial charge in [0, 0.05) is 35.9 Å². The number of aliphatic carboxylic acids is 1. The number of alkyl halides is 2. The molecule has 1 aromatic heterocycles. The molecular formula is C28H30ClF4N5O5S. The molecule has 1 aromatic carbocycles. The highest BCUT2D eigenvalue weighted by molar-refractivity contribution is 7.11. The van der Waals surface area contributed by atoms with Crippen LogP contribution in [0.3, 0.4) is 0 Å². The number of nitrogens with zero attached hydrogens (tertiary/aromatic N) is 4. The Morgan fingerprint density at radius 2 is 2.07 bits per heavy atom. The van der Waals surface area contributed by atoms with Crippen LogP contribution in [0, 0.1) is 17.0 Å². The molecule has 10 nitrogen and oxygen atoms in total. The summed E-state index contributed by atoms with van der Waals surface area (Å²) >= 11 is 7.43. The van der Waals surface area contributed by atoms with Crippen LogP contribution in [0.2, 0.25) is 5.02 Å². The van der Waals surface area contributed by atoms with E-state index in [9.17, 15) is 23.5 Å². The second kappa shape index (κ2) is 12.4. The van der Waals surface area contributed by atoms with Crippen LogP contribution in [-0.2, 0) is 19.2 Å². The third kappa shape index (κ3) is 6.07. The molecule has 16 heteroatoms. The maximum Gasteiger partial charge on any atom is 0.338 e. The maximum absolute atomic E-state index is 15.6. The summed E-state index contributed by atoms with van der Waals surface area (Å²) in [5, 5.41) is 15.2. The van der Waals surface area contributed by atoms with Gasteiger partial charge in [0.1, 0.15) is 12.1 Å². The van der Waals surface area contributed by atoms with Gasteiger partial charge in [-0.2, -0.15) is 5.06 Å². The minimum atomic E-state index is -3.25. The zero-order valence-electron chi connectivity index (χ0n) is 24.0. The Kier molecular flexibility index (Phi) is 9.06. The van der Waals surface area contributed by atoms with E-state index in [-0.39, 0.29) is 55.4 Å². The molecule has 3 atom stereocenters. The molecule has 0 aliphatic carbocycles. The van der Waals surface area contributed by atoms with Crippen LogP contribution in [0.4, 0.5) is 17.6 Å². The Morgan fingerprint density at radius 1 is 1.32 bits per heavy atom. The number of nitrogens with one attached hydrogen (secondary N) is 1. The Morgan fingerprint density at radius 3 is 2.73 bits per heavy atom. The molecule has 2 saturated heterocycles. The van der Waals surface area contributed by atoms with Gasteiger partial charge in [-0.3, -0.25) is 19.5 Å². The van der Waals surface area contributed by atoms with E-state index in [0.29, 0.717) is 5.01 Å². The number of carbonyl (C=O) groups is 2. The zero-order valence-corrected chi connectivity index (χ0v) is 25.5. The molecule has 2 aromatic rings. The van der Waals surface area contributed by atoms with E-state index in [4.69, 9.17) is 21.2 Å². The molecule has 2 fully saturated rings. The number of hydrogen-bond acceptors (Lipinski definition) is 10. The van der Waals surface area contributed by atoms with Gasteiger partial charge in [0.25, 0.3) is 5.92 Å². The van der Waals surface area contributed by atoms with Gasteiger partial charge in [0.05, 0.1) is 41.8 Å². The fourth-order valence-electron chi connectivity index (χ4n) is 5.49. The number of benzene rings is 1. The third-order valence-electron chi connectivity index (χ3n) is 7.91. The summed E-state index contributed by atoms with van der Waals surface area (Å²) in [6.45, 7) is 3.54. The summed E-state index contributed by atoms with van der Waals surface area (Å²) in [6.07, 6.45) is 1.60. The Labute approximate surface area is 259 Å². The first-order valence-electron chi connectivity index (χ1n) is 13.8. The molecule has 0 saturated carbocycles. The van der Waals surface area contributed by atoms with Crippen LogP contribution in [0.1, 0.15) is 43.8 Å². The average Bonchev–Trinajstić information content (AvgIpc) is 3.70. The van der Waals surface area contributed by atoms with Crippen molar-refractivity contribution in [1.82, 2.24) is 20.3 Å². The highest BCUT2D eigenvalue weighted by Crippen LogP contribution is 2.43. The summed E-state index contributed by atoms with van der Waals surface area (Å²) in [7, 11) is 0. The molecule has 0 bridgehead atoms. The molecule has 0 unspecified atom stereocenters. The Hall–Kier alpha value is -3.11. The van der Waals surface area contributed by atoms with Crippen molar-refractivity contribution >= 4 is 40.7 Å². The molecule has 0 amide bonds. The number of hydroxylamine groups is 2. The number of carboxylic acids is 1. The molecule has 4 heterocycles. The topological polar surface area (TPSA) is 117 Å². The molecule has 0 spiro atoms. The lowest BCUT2D eigenvalue weighted by molar-refractivity contribution is -0.186. The van der Waals surface area contributed by atoms with Crippen LogP contribution in [0.15, 0.2) is 40.0 Å². The summed E-state index contributed by atoms with van der Waals surface area (Å²) in [5.74, 6) is -7.48. The standard InChI is InChI=1S/C28H30ClF4N5O5S/c1-4-42-25(39)18-16(11-37-13-28(32,33)22-17(37)12-43-38(22)9-7-27(2,3)26(40)41)35-23(24-34-8-10-44-24)36-21(18)14-5-6-15(30)20(31)19(14)29/h5-6,8,10,17,21-22H,4,7,9,11-13H2,1-3H3,(H,35,36)(H,40,41)/t17-,21+,22+/m1/s1. The van der Waals surface area contributed by atoms with Crippen LogP contribution in [0.25, 0.3) is 0 Å². The van der Waals surface area contributed by atoms with Crippen molar-refractivity contribution < 1.29 is 41.8 Å². The van der Waals surface area contributed by atoms with Gasteiger partial charge in [0.15, 0.2) is 22.5 Å². The molecule has 3 aliphatic heterocycles. The number of esters is 1. The lowest BCUT2D eigenvalue weighted by atomic mass is 9.89. The van der Waals surface area contributed by atoms with Crippen molar-refractivity contribution in [1.29, 1.82) is 0 Å². The van der Waals surface area contributed by atoms with E-state index in [0.717, 1.165) is 11.1 Å². The second-order valence-electron chi connectivity index (χ2n) is 11.3. The van der Waals surface area contributed by atoms with Crippen molar-refractivity contribution in [3.05, 3.63) is 62.2 Å². The van der Waals surface area contributed by atoms with E-state index in [2.05, 4.69) is 15.3 Å². The predicted molar refractivity (Wildman–Crippen MR) is 152 cm³/mol. The van der Waals surface area contributed by atoms with Crippen molar-refractivity contribution in [3.8, 4) is 0 Å². The number of carboxylic acid groups (broad SMARTS) is 1. The minimum Gasteiger partial charge on any atom is -0.481 e. The summed E-state index contributed by atoms with van der Waals surface area (Å²) in [4.78, 5) is 40.9. The predicted octanol–water partition coefficient (Wildman–Crippen LogP) is 4.42. The summed E-state index contributed by atoms with van der Waals surface area (Å²) in [5.41, 5.74) is -1.13. The van der Waals surface area contributed by atoms with Crippen molar-refractivity contribution in [2.24, 2.45) is 10.4 Å². The number of halogens is 5. The number of likely N-dealkylation sites (tertiary alicyclic amines) is 1. The number of thiazole rings is 1. The SMILES string of the molecule is CCOC(=O)C1=C(CN2CC(F)(F)[C@@H]3[C@H]2CON3CCC(C)(C)C(=O)O)NC(c2nccs2)=N[C@H]1c1ccc(F)c(F)c1Cl. The van der Waals surface area contributed by atoms with E-state index < -0.39 is 64.6 Å². The highest BCUT2D eigenvalue weighted by atomic mass is 35.5. The maximum atomic E-state index is 15.6. The Balaban J connectivity index is 1.52. The van der Waals surface area contributed by atoms with E-state index in [1.165, 1.54) is 42.3 Å². The van der Waals surface area contributed by atoms with E-state index >= 15 is 8.78 Å². The molecular weight excluding hydrogens is 630 g/mol. The zero-order chi connectivity index (χ0) is 32.0. The fraction of sp³-hybridized carbons (Fsp3) is 0.500. The molecule has 2 N–H and O–H groups in total. The quantitative estimate of drug-likeness (QED) is 0.217. The summed E-state index contributed by atoms with van der Waals surface area (Å²) in [6, 6.07) is -1.39. The molecule has 238 valence electrons. The van der Waals surface area contributed by atoms with Crippen LogP contribution in [-0.4, -0.2) is 88.7 Å². The monoisotopic (exact) mass is 659 g/mol. The number of amidine groups is 1. The van der Waals surface area contributed by atoms with Gasteiger partial charge in [-0.05, 0) is 33.3 Å². The average molecular weight is 660 g/mol. The first-order valence-corrected chi connectivity index (χ1v) is 15.0. The van der Waals surface area contributed by atoms with Gasteiger partial charge in [0.2, 0.25) is 0 Å². The van der Waals surface area contributed by atoms with Crippen LogP contribution < -0.4 is 5.32 Å². The number of hydrogen-bond donors (Lipinski definition) is 2. The molecule has 5 rings (SSSR count). The fourth-order valence-corrected chi connectivity index (χ4v) is 6.33. The minimum absolute atomic E-state index is 0.0253. The van der Waals surface area contributed by atoms with Crippen molar-refractivity contribution in [3.63, 3.8) is 0 Å². The van der Waals surface area contributed by atoms with Gasteiger partial charge in [-0.1, -0.05) is 17.7 Å². The number of rotatable bonds is 10. The number of aliphatic imine (C=N–C) groups is 1. The molecule has 3 aliphatic rings. The smallest absolute Gasteiger partial charge is 0.338 e. The second-order valence-corrected chi connectivity index (χ2v) is 12.5. The first-order chi connectivity index (χ1) is 20.7. The lowest BCUT2D eigenvalue weighted by Crippen LogP contribution is -2.46. The van der Waals surface area contributed by atoms with Crippen molar-refractivity contribution in [2.45, 2.75) is 51.2 Å². The van der Waals surface area contributed by atoms with Gasteiger partial charge < -0.3 is 15.2 Å². The Bertz CT molecular complexity index is 1510. The van der Waals surface area contributed by atoms with E-state index in [1.54, 1.807) is 12.3 Å². The normalized spacial score (nSPS) is 23.8. The summed E-state index contributed by atoms with van der Waals surface area (Å²) < 4.78 is 65.0. The van der Waals surface area contributed by atoms with Gasteiger partial charge in [-0.25, -0.2) is 27.3 Å². The van der Waals surface area contributed by atoms with Crippen LogP contribution >= 0.6 is 22.9 Å². The molecule has 44 heavy (non-hydrogen) atoms. The molecule has 0 radical (unpaired) electrons. The largest absolute Gasteiger partial charge is 0.481 e. The van der Waals surface area contributed by atoms with Gasteiger partial charge in [-0.15, -0.1) is 11.3 Å². The number of ether oxygens (including phenoxy) is 1. The van der Waals surface area contributed by atoms with Crippen LogP contribution in [0.5, 0.6) is 0 Å². The highest BCUT2D eigenvalue weighted by Gasteiger charge is 2.61.